The monoisotopic (exact) mass is 254 g/mol. The molecule has 1 fully saturated rings. The van der Waals surface area contributed by atoms with Crippen LogP contribution in [0.5, 0.6) is 0 Å². The quantitative estimate of drug-likeness (QED) is 0.891. The van der Waals surface area contributed by atoms with Gasteiger partial charge in [-0.2, -0.15) is 28.8 Å². The Morgan fingerprint density at radius 3 is 3.12 bits per heavy atom. The second kappa shape index (κ2) is 6.24. The van der Waals surface area contributed by atoms with Crippen LogP contribution in [-0.2, 0) is 6.54 Å². The van der Waals surface area contributed by atoms with Gasteiger partial charge in [-0.05, 0) is 12.1 Å². The third kappa shape index (κ3) is 3.48. The highest BCUT2D eigenvalue weighted by Crippen LogP contribution is 2.23. The van der Waals surface area contributed by atoms with E-state index in [2.05, 4.69) is 5.32 Å². The lowest BCUT2D eigenvalue weighted by Gasteiger charge is -2.20. The molecule has 1 aromatic heterocycles. The summed E-state index contributed by atoms with van der Waals surface area (Å²) >= 11 is 4.07. The molecule has 0 bridgehead atoms. The van der Waals surface area contributed by atoms with Gasteiger partial charge >= 0.3 is 0 Å². The van der Waals surface area contributed by atoms with E-state index in [1.807, 2.05) is 35.7 Å². The highest BCUT2D eigenvalue weighted by atomic mass is 32.2. The Balaban J connectivity index is 1.69. The van der Waals surface area contributed by atoms with E-state index in [0.29, 0.717) is 17.6 Å². The minimum Gasteiger partial charge on any atom is -0.449 e. The molecule has 1 aliphatic rings. The van der Waals surface area contributed by atoms with Crippen LogP contribution in [0.15, 0.2) is 16.5 Å². The van der Waals surface area contributed by atoms with Gasteiger partial charge in [0.1, 0.15) is 11.8 Å². The lowest BCUT2D eigenvalue weighted by atomic mass is 10.4. The van der Waals surface area contributed by atoms with Crippen molar-refractivity contribution in [2.75, 3.05) is 23.8 Å². The molecule has 0 aliphatic carbocycles. The molecule has 1 aliphatic heterocycles. The first-order chi connectivity index (χ1) is 7.88. The molecular formula is C11H14N2OS2. The zero-order valence-corrected chi connectivity index (χ0v) is 10.6. The summed E-state index contributed by atoms with van der Waals surface area (Å²) in [4.78, 5) is 0. The molecule has 0 radical (unpaired) electrons. The van der Waals surface area contributed by atoms with Crippen LogP contribution in [-0.4, -0.2) is 29.1 Å². The topological polar surface area (TPSA) is 49.0 Å². The molecule has 1 aromatic rings. The summed E-state index contributed by atoms with van der Waals surface area (Å²) in [6.45, 7) is 1.73. The molecule has 1 atom stereocenters. The van der Waals surface area contributed by atoms with Crippen LogP contribution in [0.25, 0.3) is 0 Å². The van der Waals surface area contributed by atoms with Crippen LogP contribution >= 0.6 is 23.5 Å². The Hall–Kier alpha value is -0.570. The summed E-state index contributed by atoms with van der Waals surface area (Å²) in [5.74, 6) is 5.00. The molecule has 1 N–H and O–H groups in total. The summed E-state index contributed by atoms with van der Waals surface area (Å²) in [7, 11) is 0. The van der Waals surface area contributed by atoms with Crippen molar-refractivity contribution in [3.8, 4) is 6.07 Å². The van der Waals surface area contributed by atoms with Crippen molar-refractivity contribution in [2.24, 2.45) is 0 Å². The first-order valence-corrected chi connectivity index (χ1v) is 7.47. The van der Waals surface area contributed by atoms with Crippen molar-refractivity contribution in [1.82, 2.24) is 5.32 Å². The summed E-state index contributed by atoms with van der Waals surface area (Å²) < 4.78 is 5.29. The van der Waals surface area contributed by atoms with E-state index in [1.54, 1.807) is 6.07 Å². The first kappa shape index (κ1) is 11.9. The Morgan fingerprint density at radius 2 is 2.44 bits per heavy atom. The molecule has 0 spiro atoms. The van der Waals surface area contributed by atoms with E-state index in [0.717, 1.165) is 12.3 Å². The molecule has 16 heavy (non-hydrogen) atoms. The fourth-order valence-corrected chi connectivity index (χ4v) is 4.19. The van der Waals surface area contributed by atoms with Crippen LogP contribution < -0.4 is 5.32 Å². The van der Waals surface area contributed by atoms with Gasteiger partial charge in [-0.25, -0.2) is 0 Å². The van der Waals surface area contributed by atoms with E-state index in [1.165, 1.54) is 17.3 Å². The summed E-state index contributed by atoms with van der Waals surface area (Å²) in [6.07, 6.45) is 0. The Kier molecular flexibility index (Phi) is 4.64. The maximum atomic E-state index is 8.61. The summed E-state index contributed by atoms with van der Waals surface area (Å²) in [5.41, 5.74) is 0. The van der Waals surface area contributed by atoms with E-state index in [9.17, 15) is 0 Å². The number of nitriles is 1. The lowest BCUT2D eigenvalue weighted by molar-refractivity contribution is 0.475. The van der Waals surface area contributed by atoms with Crippen molar-refractivity contribution in [2.45, 2.75) is 11.8 Å². The minimum absolute atomic E-state index is 0.388. The van der Waals surface area contributed by atoms with Gasteiger partial charge in [-0.15, -0.1) is 0 Å². The number of nitrogens with one attached hydrogen (secondary N) is 1. The molecule has 5 heteroatoms. The van der Waals surface area contributed by atoms with Crippen molar-refractivity contribution in [3.05, 3.63) is 23.7 Å². The van der Waals surface area contributed by atoms with Crippen LogP contribution in [0.3, 0.4) is 0 Å². The van der Waals surface area contributed by atoms with Gasteiger partial charge in [0.15, 0.2) is 0 Å². The molecule has 2 rings (SSSR count). The maximum absolute atomic E-state index is 8.61. The number of hydrogen-bond donors (Lipinski definition) is 1. The second-order valence-electron chi connectivity index (χ2n) is 3.58. The van der Waals surface area contributed by atoms with Crippen LogP contribution in [0.1, 0.15) is 11.5 Å². The molecule has 0 amide bonds. The van der Waals surface area contributed by atoms with E-state index in [-0.39, 0.29) is 0 Å². The van der Waals surface area contributed by atoms with Gasteiger partial charge in [-0.3, -0.25) is 0 Å². The summed E-state index contributed by atoms with van der Waals surface area (Å²) in [5, 5.41) is 12.7. The number of rotatable bonds is 4. The zero-order chi connectivity index (χ0) is 11.2. The third-order valence-electron chi connectivity index (χ3n) is 2.33. The van der Waals surface area contributed by atoms with Crippen molar-refractivity contribution >= 4 is 23.5 Å². The Morgan fingerprint density at radius 1 is 1.50 bits per heavy atom. The lowest BCUT2D eigenvalue weighted by Crippen LogP contribution is -2.28. The molecular weight excluding hydrogens is 240 g/mol. The summed E-state index contributed by atoms with van der Waals surface area (Å²) in [6, 6.07) is 5.55. The van der Waals surface area contributed by atoms with Crippen LogP contribution in [0.4, 0.5) is 0 Å². The van der Waals surface area contributed by atoms with Crippen LogP contribution in [0.2, 0.25) is 0 Å². The van der Waals surface area contributed by atoms with Crippen molar-refractivity contribution in [1.29, 1.82) is 5.26 Å². The largest absolute Gasteiger partial charge is 0.449 e. The molecule has 1 saturated heterocycles. The normalized spacial score (nSPS) is 20.6. The van der Waals surface area contributed by atoms with E-state index < -0.39 is 0 Å². The smallest absolute Gasteiger partial charge is 0.203 e. The van der Waals surface area contributed by atoms with Gasteiger partial charge < -0.3 is 9.73 Å². The molecule has 0 saturated carbocycles. The predicted octanol–water partition coefficient (Wildman–Crippen LogP) is 2.09. The van der Waals surface area contributed by atoms with Gasteiger partial charge in [0.25, 0.3) is 0 Å². The van der Waals surface area contributed by atoms with Gasteiger partial charge in [-0.1, -0.05) is 0 Å². The molecule has 2 heterocycles. The average Bonchev–Trinajstić information content (AvgIpc) is 2.78. The van der Waals surface area contributed by atoms with E-state index in [4.69, 9.17) is 9.68 Å². The molecule has 3 nitrogen and oxygen atoms in total. The van der Waals surface area contributed by atoms with Crippen molar-refractivity contribution in [3.63, 3.8) is 0 Å². The SMILES string of the molecule is N#Cc1ccc(CNCC2CSCCS2)o1. The highest BCUT2D eigenvalue weighted by molar-refractivity contribution is 8.06. The molecule has 0 aromatic carbocycles. The van der Waals surface area contributed by atoms with E-state index >= 15 is 0 Å². The third-order valence-corrected chi connectivity index (χ3v) is 5.17. The Labute approximate surface area is 104 Å². The first-order valence-electron chi connectivity index (χ1n) is 5.27. The van der Waals surface area contributed by atoms with Crippen molar-refractivity contribution < 1.29 is 4.42 Å². The standard InChI is InChI=1S/C11H14N2OS2/c12-5-9-1-2-10(14-9)6-13-7-11-8-15-3-4-16-11/h1-2,11,13H,3-4,6-8H2. The molecule has 1 unspecified atom stereocenters. The Bertz CT molecular complexity index is 366. The van der Waals surface area contributed by atoms with Gasteiger partial charge in [0.05, 0.1) is 6.54 Å². The number of thioether (sulfide) groups is 2. The van der Waals surface area contributed by atoms with Gasteiger partial charge in [0, 0.05) is 29.1 Å². The maximum Gasteiger partial charge on any atom is 0.203 e. The predicted molar refractivity (Wildman–Crippen MR) is 68.7 cm³/mol. The molecule has 86 valence electrons. The number of furan rings is 1. The zero-order valence-electron chi connectivity index (χ0n) is 8.94. The second-order valence-corrected chi connectivity index (χ2v) is 6.13. The number of nitrogens with zero attached hydrogens (tertiary/aromatic N) is 1. The average molecular weight is 254 g/mol. The minimum atomic E-state index is 0.388. The highest BCUT2D eigenvalue weighted by Gasteiger charge is 2.13. The van der Waals surface area contributed by atoms with Crippen LogP contribution in [0, 0.1) is 11.3 Å². The fraction of sp³-hybridized carbons (Fsp3) is 0.545. The fourth-order valence-electron chi connectivity index (χ4n) is 1.54. The number of hydrogen-bond acceptors (Lipinski definition) is 5. The van der Waals surface area contributed by atoms with Gasteiger partial charge in [0.2, 0.25) is 5.76 Å².